The van der Waals surface area contributed by atoms with Gasteiger partial charge < -0.3 is 5.32 Å². The number of rotatable bonds is 4. The molecule has 1 aliphatic heterocycles. The molecule has 2 aromatic carbocycles. The molecule has 2 heterocycles. The van der Waals surface area contributed by atoms with Crippen molar-refractivity contribution in [3.8, 4) is 0 Å². The third-order valence-electron chi connectivity index (χ3n) is 4.31. The van der Waals surface area contributed by atoms with E-state index in [9.17, 15) is 8.42 Å². The van der Waals surface area contributed by atoms with Crippen molar-refractivity contribution in [3.05, 3.63) is 77.5 Å². The smallest absolute Gasteiger partial charge is 0.264 e. The Labute approximate surface area is 157 Å². The molecule has 0 amide bonds. The zero-order chi connectivity index (χ0) is 19.0. The number of aryl methyl sites for hydroxylation is 1. The Kier molecular flexibility index (Phi) is 4.19. The molecule has 2 N–H and O–H groups in total. The van der Waals surface area contributed by atoms with Crippen LogP contribution in [0.3, 0.4) is 0 Å². The standard InChI is InChI=1S/C19H19N5O2S/c1-13-8-10-16(11-9-13)27(25,26)23-18-21-19-20-14(2)12-17(24(19)22-18)15-6-4-3-5-7-15/h3-12,17H,1-2H3,(H2,20,21,22,23)/t17-/m1/s1. The summed E-state index contributed by atoms with van der Waals surface area (Å²) in [5.41, 5.74) is 2.95. The normalized spacial score (nSPS) is 16.2. The van der Waals surface area contributed by atoms with Gasteiger partial charge in [0.15, 0.2) is 0 Å². The van der Waals surface area contributed by atoms with E-state index in [1.807, 2.05) is 50.3 Å². The molecule has 0 aliphatic carbocycles. The molecule has 1 aromatic heterocycles. The van der Waals surface area contributed by atoms with Gasteiger partial charge in [-0.2, -0.15) is 4.98 Å². The Morgan fingerprint density at radius 3 is 2.44 bits per heavy atom. The van der Waals surface area contributed by atoms with E-state index in [0.717, 1.165) is 16.8 Å². The van der Waals surface area contributed by atoms with E-state index in [-0.39, 0.29) is 16.9 Å². The Morgan fingerprint density at radius 1 is 1.04 bits per heavy atom. The molecular weight excluding hydrogens is 362 g/mol. The Morgan fingerprint density at radius 2 is 1.74 bits per heavy atom. The SMILES string of the molecule is CC1=C[C@H](c2ccccc2)n2nc(NS(=O)(=O)c3ccc(C)cc3)nc2N1. The van der Waals surface area contributed by atoms with Gasteiger partial charge in [0.05, 0.1) is 4.90 Å². The first-order chi connectivity index (χ1) is 12.9. The number of hydrogen-bond acceptors (Lipinski definition) is 5. The minimum atomic E-state index is -3.76. The molecule has 27 heavy (non-hydrogen) atoms. The number of sulfonamides is 1. The Balaban J connectivity index is 1.67. The van der Waals surface area contributed by atoms with E-state index >= 15 is 0 Å². The molecular formula is C19H19N5O2S. The summed E-state index contributed by atoms with van der Waals surface area (Å²) in [7, 11) is -3.76. The van der Waals surface area contributed by atoms with Crippen molar-refractivity contribution in [2.24, 2.45) is 0 Å². The van der Waals surface area contributed by atoms with Crippen molar-refractivity contribution >= 4 is 21.9 Å². The second-order valence-electron chi connectivity index (χ2n) is 6.45. The van der Waals surface area contributed by atoms with E-state index in [2.05, 4.69) is 20.1 Å². The summed E-state index contributed by atoms with van der Waals surface area (Å²) in [5.74, 6) is 0.521. The van der Waals surface area contributed by atoms with Gasteiger partial charge in [-0.15, -0.1) is 5.10 Å². The minimum Gasteiger partial charge on any atom is -0.329 e. The second-order valence-corrected chi connectivity index (χ2v) is 8.13. The molecule has 138 valence electrons. The fourth-order valence-electron chi connectivity index (χ4n) is 2.96. The lowest BCUT2D eigenvalue weighted by Gasteiger charge is -2.22. The van der Waals surface area contributed by atoms with Crippen molar-refractivity contribution in [2.45, 2.75) is 24.8 Å². The van der Waals surface area contributed by atoms with Gasteiger partial charge in [0, 0.05) is 5.70 Å². The number of allylic oxidation sites excluding steroid dienone is 2. The molecule has 0 saturated carbocycles. The molecule has 1 aliphatic rings. The third-order valence-corrected chi connectivity index (χ3v) is 5.65. The fourth-order valence-corrected chi connectivity index (χ4v) is 3.89. The lowest BCUT2D eigenvalue weighted by molar-refractivity contribution is 0.597. The van der Waals surface area contributed by atoms with Crippen LogP contribution in [0.5, 0.6) is 0 Å². The van der Waals surface area contributed by atoms with Gasteiger partial charge in [-0.05, 0) is 37.6 Å². The van der Waals surface area contributed by atoms with Gasteiger partial charge in [0.2, 0.25) is 5.95 Å². The fraction of sp³-hybridized carbons (Fsp3) is 0.158. The van der Waals surface area contributed by atoms with Crippen molar-refractivity contribution in [1.29, 1.82) is 0 Å². The van der Waals surface area contributed by atoms with Gasteiger partial charge in [-0.1, -0.05) is 48.0 Å². The van der Waals surface area contributed by atoms with E-state index in [4.69, 9.17) is 0 Å². The predicted molar refractivity (Wildman–Crippen MR) is 104 cm³/mol. The highest BCUT2D eigenvalue weighted by atomic mass is 32.2. The lowest BCUT2D eigenvalue weighted by Crippen LogP contribution is -2.19. The van der Waals surface area contributed by atoms with E-state index in [1.54, 1.807) is 28.9 Å². The highest BCUT2D eigenvalue weighted by Crippen LogP contribution is 2.29. The van der Waals surface area contributed by atoms with Gasteiger partial charge >= 0.3 is 0 Å². The number of benzene rings is 2. The quantitative estimate of drug-likeness (QED) is 0.724. The van der Waals surface area contributed by atoms with E-state index < -0.39 is 10.0 Å². The number of nitrogens with one attached hydrogen (secondary N) is 2. The second kappa shape index (κ2) is 6.55. The molecule has 1 atom stereocenters. The highest BCUT2D eigenvalue weighted by Gasteiger charge is 2.25. The highest BCUT2D eigenvalue weighted by molar-refractivity contribution is 7.92. The maximum atomic E-state index is 12.6. The van der Waals surface area contributed by atoms with Gasteiger partial charge in [-0.25, -0.2) is 17.8 Å². The average Bonchev–Trinajstić information content (AvgIpc) is 3.03. The molecule has 0 fully saturated rings. The van der Waals surface area contributed by atoms with Crippen LogP contribution in [-0.4, -0.2) is 23.2 Å². The van der Waals surface area contributed by atoms with Crippen LogP contribution in [0.25, 0.3) is 0 Å². The lowest BCUT2D eigenvalue weighted by atomic mass is 10.1. The summed E-state index contributed by atoms with van der Waals surface area (Å²) in [6.45, 7) is 3.84. The van der Waals surface area contributed by atoms with Crippen LogP contribution in [0.2, 0.25) is 0 Å². The molecule has 0 spiro atoms. The van der Waals surface area contributed by atoms with Gasteiger partial charge in [0.25, 0.3) is 16.0 Å². The van der Waals surface area contributed by atoms with E-state index in [0.29, 0.717) is 5.95 Å². The monoisotopic (exact) mass is 381 g/mol. The summed E-state index contributed by atoms with van der Waals surface area (Å²) in [6, 6.07) is 16.3. The van der Waals surface area contributed by atoms with Crippen LogP contribution in [0.4, 0.5) is 11.9 Å². The van der Waals surface area contributed by atoms with Gasteiger partial charge in [-0.3, -0.25) is 0 Å². The van der Waals surface area contributed by atoms with Crippen molar-refractivity contribution in [2.75, 3.05) is 10.0 Å². The van der Waals surface area contributed by atoms with Crippen LogP contribution >= 0.6 is 0 Å². The maximum Gasteiger partial charge on any atom is 0.264 e. The molecule has 0 bridgehead atoms. The zero-order valence-electron chi connectivity index (χ0n) is 14.9. The average molecular weight is 381 g/mol. The number of nitrogens with zero attached hydrogens (tertiary/aromatic N) is 3. The summed E-state index contributed by atoms with van der Waals surface area (Å²) < 4.78 is 29.4. The molecule has 0 radical (unpaired) electrons. The first-order valence-corrected chi connectivity index (χ1v) is 9.97. The third kappa shape index (κ3) is 3.43. The molecule has 0 saturated heterocycles. The number of anilines is 2. The summed E-state index contributed by atoms with van der Waals surface area (Å²) in [6.07, 6.45) is 2.02. The number of fused-ring (bicyclic) bond motifs is 1. The molecule has 8 heteroatoms. The summed E-state index contributed by atoms with van der Waals surface area (Å²) >= 11 is 0. The van der Waals surface area contributed by atoms with Crippen LogP contribution in [0.1, 0.15) is 24.1 Å². The topological polar surface area (TPSA) is 88.9 Å². The predicted octanol–water partition coefficient (Wildman–Crippen LogP) is 3.31. The van der Waals surface area contributed by atoms with Crippen LogP contribution in [0, 0.1) is 6.92 Å². The van der Waals surface area contributed by atoms with Crippen molar-refractivity contribution in [1.82, 2.24) is 14.8 Å². The molecule has 4 rings (SSSR count). The zero-order valence-corrected chi connectivity index (χ0v) is 15.7. The van der Waals surface area contributed by atoms with Crippen LogP contribution in [0.15, 0.2) is 71.3 Å². The first-order valence-electron chi connectivity index (χ1n) is 8.49. The minimum absolute atomic E-state index is 0.0297. The summed E-state index contributed by atoms with van der Waals surface area (Å²) in [4.78, 5) is 4.48. The largest absolute Gasteiger partial charge is 0.329 e. The maximum absolute atomic E-state index is 12.6. The van der Waals surface area contributed by atoms with Gasteiger partial charge in [0.1, 0.15) is 6.04 Å². The van der Waals surface area contributed by atoms with Crippen LogP contribution < -0.4 is 10.0 Å². The molecule has 0 unspecified atom stereocenters. The number of hydrogen-bond donors (Lipinski definition) is 2. The number of aromatic nitrogens is 3. The Hall–Kier alpha value is -3.13. The molecule has 3 aromatic rings. The molecule has 7 nitrogen and oxygen atoms in total. The van der Waals surface area contributed by atoms with Crippen molar-refractivity contribution < 1.29 is 8.42 Å². The summed E-state index contributed by atoms with van der Waals surface area (Å²) in [5, 5.41) is 7.51. The Bertz CT molecular complexity index is 1100. The van der Waals surface area contributed by atoms with Crippen LogP contribution in [-0.2, 0) is 10.0 Å². The van der Waals surface area contributed by atoms with Crippen molar-refractivity contribution in [3.63, 3.8) is 0 Å². The van der Waals surface area contributed by atoms with E-state index in [1.165, 1.54) is 0 Å². The first kappa shape index (κ1) is 17.3.